The first-order valence-corrected chi connectivity index (χ1v) is 7.71. The first-order chi connectivity index (χ1) is 12.2. The second-order valence-electron chi connectivity index (χ2n) is 5.64. The number of benzene rings is 1. The van der Waals surface area contributed by atoms with Gasteiger partial charge in [-0.2, -0.15) is 5.21 Å². The molecule has 0 saturated carbocycles. The molecule has 3 heterocycles. The molecule has 0 saturated heterocycles. The Kier molecular flexibility index (Phi) is 3.73. The summed E-state index contributed by atoms with van der Waals surface area (Å²) in [7, 11) is 0. The average molecular weight is 337 g/mol. The fraction of sp³-hybridized carbons (Fsp3) is 0.188. The Morgan fingerprint density at radius 2 is 2.04 bits per heavy atom. The summed E-state index contributed by atoms with van der Waals surface area (Å²) in [4.78, 5) is 8.90. The van der Waals surface area contributed by atoms with E-state index in [-0.39, 0.29) is 11.9 Å². The highest BCUT2D eigenvalue weighted by Crippen LogP contribution is 2.25. The van der Waals surface area contributed by atoms with E-state index in [1.807, 2.05) is 48.9 Å². The number of hydrogen-bond donors (Lipinski definition) is 1. The molecule has 4 aromatic rings. The summed E-state index contributed by atoms with van der Waals surface area (Å²) in [6.45, 7) is 4.06. The largest absolute Gasteiger partial charge is 0.448 e. The van der Waals surface area contributed by atoms with Crippen LogP contribution in [0, 0.1) is 0 Å². The van der Waals surface area contributed by atoms with E-state index in [1.165, 1.54) is 0 Å². The summed E-state index contributed by atoms with van der Waals surface area (Å²) in [5.41, 5.74) is 1.61. The van der Waals surface area contributed by atoms with Gasteiger partial charge in [0.05, 0.1) is 0 Å². The van der Waals surface area contributed by atoms with Crippen molar-refractivity contribution in [3.8, 4) is 29.0 Å². The number of nitrogens with one attached hydrogen (secondary N) is 1. The zero-order valence-electron chi connectivity index (χ0n) is 13.6. The molecule has 4 rings (SSSR count). The maximum absolute atomic E-state index is 5.51. The molecule has 0 aliphatic heterocycles. The first kappa shape index (κ1) is 15.1. The molecule has 1 N–H and O–H groups in total. The third-order valence-corrected chi connectivity index (χ3v) is 3.54. The topological polar surface area (TPSA) is 108 Å². The number of imidazole rings is 1. The fourth-order valence-corrected chi connectivity index (χ4v) is 2.33. The third kappa shape index (κ3) is 2.99. The van der Waals surface area contributed by atoms with E-state index in [4.69, 9.17) is 9.15 Å². The van der Waals surface area contributed by atoms with E-state index in [0.717, 1.165) is 5.69 Å². The maximum Gasteiger partial charge on any atom is 0.361 e. The molecular formula is C16H15N7O2. The van der Waals surface area contributed by atoms with Gasteiger partial charge in [-0.25, -0.2) is 9.97 Å². The number of rotatable bonds is 5. The van der Waals surface area contributed by atoms with E-state index in [0.29, 0.717) is 23.2 Å². The Bertz CT molecular complexity index is 955. The minimum absolute atomic E-state index is 0.167. The van der Waals surface area contributed by atoms with Gasteiger partial charge in [0.2, 0.25) is 0 Å². The van der Waals surface area contributed by atoms with Crippen LogP contribution >= 0.6 is 0 Å². The highest BCUT2D eigenvalue weighted by atomic mass is 16.5. The molecule has 0 atom stereocenters. The Morgan fingerprint density at radius 1 is 1.20 bits per heavy atom. The zero-order chi connectivity index (χ0) is 17.2. The number of tetrazole rings is 1. The molecule has 0 bridgehead atoms. The molecule has 9 nitrogen and oxygen atoms in total. The van der Waals surface area contributed by atoms with E-state index in [1.54, 1.807) is 12.5 Å². The Labute approximate surface area is 142 Å². The highest BCUT2D eigenvalue weighted by molar-refractivity contribution is 5.53. The van der Waals surface area contributed by atoms with Gasteiger partial charge in [-0.15, -0.1) is 0 Å². The summed E-state index contributed by atoms with van der Waals surface area (Å²) >= 11 is 0. The number of aromatic amines is 1. The number of aromatic nitrogens is 7. The standard InChI is InChI=1S/C16H15N7O2/c1-10(2)15-18-13(9-24-15)14-17-7-8-23(14)11-3-5-12(6-4-11)25-16-19-21-22-20-16/h3-10H,1-2H3,(H,19,20,21,22). The third-order valence-electron chi connectivity index (χ3n) is 3.54. The van der Waals surface area contributed by atoms with Gasteiger partial charge >= 0.3 is 6.01 Å². The summed E-state index contributed by atoms with van der Waals surface area (Å²) in [6, 6.07) is 7.61. The normalized spacial score (nSPS) is 11.2. The number of hydrogen-bond acceptors (Lipinski definition) is 7. The molecule has 0 aliphatic carbocycles. The van der Waals surface area contributed by atoms with Crippen molar-refractivity contribution in [2.75, 3.05) is 0 Å². The van der Waals surface area contributed by atoms with Crippen LogP contribution in [0.3, 0.4) is 0 Å². The van der Waals surface area contributed by atoms with Crippen molar-refractivity contribution in [2.45, 2.75) is 19.8 Å². The second-order valence-corrected chi connectivity index (χ2v) is 5.64. The van der Waals surface area contributed by atoms with Crippen molar-refractivity contribution in [3.63, 3.8) is 0 Å². The predicted octanol–water partition coefficient (Wildman–Crippen LogP) is 2.96. The van der Waals surface area contributed by atoms with Gasteiger partial charge in [-0.05, 0) is 29.5 Å². The predicted molar refractivity (Wildman–Crippen MR) is 87.4 cm³/mol. The van der Waals surface area contributed by atoms with Crippen LogP contribution in [0.2, 0.25) is 0 Å². The molecule has 0 fully saturated rings. The van der Waals surface area contributed by atoms with Crippen molar-refractivity contribution in [3.05, 3.63) is 48.8 Å². The van der Waals surface area contributed by atoms with Crippen LogP contribution in [0.25, 0.3) is 17.2 Å². The summed E-state index contributed by atoms with van der Waals surface area (Å²) in [5, 5.41) is 13.3. The van der Waals surface area contributed by atoms with Crippen molar-refractivity contribution < 1.29 is 9.15 Å². The molecule has 0 spiro atoms. The van der Waals surface area contributed by atoms with Gasteiger partial charge in [-0.3, -0.25) is 4.57 Å². The van der Waals surface area contributed by atoms with Crippen LogP contribution in [0.1, 0.15) is 25.7 Å². The van der Waals surface area contributed by atoms with Crippen LogP contribution in [-0.4, -0.2) is 35.2 Å². The van der Waals surface area contributed by atoms with E-state index < -0.39 is 0 Å². The molecule has 0 amide bonds. The van der Waals surface area contributed by atoms with Crippen molar-refractivity contribution in [1.82, 2.24) is 35.2 Å². The molecular weight excluding hydrogens is 322 g/mol. The minimum Gasteiger partial charge on any atom is -0.448 e. The lowest BCUT2D eigenvalue weighted by Gasteiger charge is -2.07. The van der Waals surface area contributed by atoms with Gasteiger partial charge in [0.15, 0.2) is 11.7 Å². The second kappa shape index (κ2) is 6.19. The highest BCUT2D eigenvalue weighted by Gasteiger charge is 2.14. The number of oxazole rings is 1. The van der Waals surface area contributed by atoms with E-state index in [9.17, 15) is 0 Å². The van der Waals surface area contributed by atoms with Gasteiger partial charge in [-0.1, -0.05) is 24.0 Å². The van der Waals surface area contributed by atoms with Gasteiger partial charge < -0.3 is 9.15 Å². The molecule has 9 heteroatoms. The molecule has 1 aromatic carbocycles. The lowest BCUT2D eigenvalue weighted by molar-refractivity contribution is 0.442. The van der Waals surface area contributed by atoms with E-state index in [2.05, 4.69) is 30.6 Å². The maximum atomic E-state index is 5.51. The molecule has 3 aromatic heterocycles. The van der Waals surface area contributed by atoms with Gasteiger partial charge in [0.25, 0.3) is 0 Å². The summed E-state index contributed by atoms with van der Waals surface area (Å²) in [5.74, 6) is 2.23. The van der Waals surface area contributed by atoms with E-state index >= 15 is 0 Å². The van der Waals surface area contributed by atoms with Crippen molar-refractivity contribution in [1.29, 1.82) is 0 Å². The quantitative estimate of drug-likeness (QED) is 0.596. The van der Waals surface area contributed by atoms with Crippen LogP contribution in [0.15, 0.2) is 47.3 Å². The molecule has 126 valence electrons. The molecule has 25 heavy (non-hydrogen) atoms. The lowest BCUT2D eigenvalue weighted by atomic mass is 10.2. The molecule has 0 aliphatic rings. The average Bonchev–Trinajstić information content (AvgIpc) is 3.36. The van der Waals surface area contributed by atoms with Gasteiger partial charge in [0.1, 0.15) is 17.7 Å². The number of ether oxygens (including phenoxy) is 1. The zero-order valence-corrected chi connectivity index (χ0v) is 13.6. The number of nitrogens with zero attached hydrogens (tertiary/aromatic N) is 6. The SMILES string of the molecule is CC(C)c1nc(-c2nccn2-c2ccc(Oc3nn[nH]n3)cc2)co1. The van der Waals surface area contributed by atoms with Crippen molar-refractivity contribution >= 4 is 0 Å². The Hall–Kier alpha value is -3.49. The minimum atomic E-state index is 0.167. The first-order valence-electron chi connectivity index (χ1n) is 7.71. The smallest absolute Gasteiger partial charge is 0.361 e. The monoisotopic (exact) mass is 337 g/mol. The molecule has 0 radical (unpaired) electrons. The van der Waals surface area contributed by atoms with Gasteiger partial charge in [0, 0.05) is 24.0 Å². The lowest BCUT2D eigenvalue weighted by Crippen LogP contribution is -1.97. The fourth-order valence-electron chi connectivity index (χ4n) is 2.33. The summed E-state index contributed by atoms with van der Waals surface area (Å²) < 4.78 is 12.9. The Morgan fingerprint density at radius 3 is 2.72 bits per heavy atom. The van der Waals surface area contributed by atoms with Crippen LogP contribution in [0.4, 0.5) is 0 Å². The summed E-state index contributed by atoms with van der Waals surface area (Å²) in [6.07, 6.45) is 5.22. The van der Waals surface area contributed by atoms with Crippen LogP contribution < -0.4 is 4.74 Å². The van der Waals surface area contributed by atoms with Crippen molar-refractivity contribution in [2.24, 2.45) is 0 Å². The van der Waals surface area contributed by atoms with Crippen LogP contribution in [0.5, 0.6) is 11.8 Å². The number of H-pyrrole nitrogens is 1. The Balaban J connectivity index is 1.61. The van der Waals surface area contributed by atoms with Crippen LogP contribution in [-0.2, 0) is 0 Å². The molecule has 0 unspecified atom stereocenters.